The lowest BCUT2D eigenvalue weighted by Gasteiger charge is -2.31. The van der Waals surface area contributed by atoms with E-state index < -0.39 is 0 Å². The van der Waals surface area contributed by atoms with Crippen LogP contribution in [-0.2, 0) is 4.79 Å². The third-order valence-corrected chi connectivity index (χ3v) is 5.00. The molecular weight excluding hydrogens is 370 g/mol. The number of carbonyl (C=O) groups excluding carboxylic acids is 2. The van der Waals surface area contributed by atoms with Gasteiger partial charge in [0.2, 0.25) is 0 Å². The van der Waals surface area contributed by atoms with Crippen molar-refractivity contribution in [2.24, 2.45) is 0 Å². The minimum atomic E-state index is -0.274. The summed E-state index contributed by atoms with van der Waals surface area (Å²) in [6, 6.07) is 14.3. The Morgan fingerprint density at radius 2 is 1.83 bits per heavy atom. The molecule has 3 rings (SSSR count). The van der Waals surface area contributed by atoms with Gasteiger partial charge < -0.3 is 25.0 Å². The van der Waals surface area contributed by atoms with Crippen molar-refractivity contribution in [3.05, 3.63) is 54.1 Å². The number of ether oxygens (including phenoxy) is 2. The molecule has 1 heterocycles. The number of amides is 2. The van der Waals surface area contributed by atoms with Crippen LogP contribution in [0.2, 0.25) is 0 Å². The van der Waals surface area contributed by atoms with Crippen molar-refractivity contribution in [1.82, 2.24) is 10.2 Å². The summed E-state index contributed by atoms with van der Waals surface area (Å²) in [5.41, 5.74) is 1.25. The van der Waals surface area contributed by atoms with Crippen LogP contribution in [0.4, 0.5) is 5.69 Å². The first-order chi connectivity index (χ1) is 14.1. The van der Waals surface area contributed by atoms with Crippen LogP contribution in [0, 0.1) is 0 Å². The first kappa shape index (κ1) is 20.7. The van der Waals surface area contributed by atoms with Crippen LogP contribution in [0.1, 0.15) is 23.2 Å². The molecule has 1 aliphatic heterocycles. The SMILES string of the molecule is COc1cccc(NC(=O)COc2ccc(C(=O)N(C)C3CCNCC3)cc2)c1. The van der Waals surface area contributed by atoms with Gasteiger partial charge in [0.15, 0.2) is 6.61 Å². The number of nitrogens with zero attached hydrogens (tertiary/aromatic N) is 1. The van der Waals surface area contributed by atoms with Crippen LogP contribution in [0.5, 0.6) is 11.5 Å². The predicted molar refractivity (Wildman–Crippen MR) is 112 cm³/mol. The first-order valence-electron chi connectivity index (χ1n) is 9.71. The molecule has 2 N–H and O–H groups in total. The molecule has 7 nitrogen and oxygen atoms in total. The predicted octanol–water partition coefficient (Wildman–Crippen LogP) is 2.54. The molecule has 0 unspecified atom stereocenters. The van der Waals surface area contributed by atoms with Crippen molar-refractivity contribution in [2.45, 2.75) is 18.9 Å². The number of carbonyl (C=O) groups is 2. The van der Waals surface area contributed by atoms with Crippen molar-refractivity contribution in [3.8, 4) is 11.5 Å². The van der Waals surface area contributed by atoms with Crippen LogP contribution in [0.25, 0.3) is 0 Å². The highest BCUT2D eigenvalue weighted by Gasteiger charge is 2.22. The average Bonchev–Trinajstić information content (AvgIpc) is 2.77. The van der Waals surface area contributed by atoms with Crippen molar-refractivity contribution >= 4 is 17.5 Å². The lowest BCUT2D eigenvalue weighted by Crippen LogP contribution is -2.43. The zero-order chi connectivity index (χ0) is 20.6. The van der Waals surface area contributed by atoms with Crippen molar-refractivity contribution in [2.75, 3.05) is 39.2 Å². The van der Waals surface area contributed by atoms with E-state index in [2.05, 4.69) is 10.6 Å². The topological polar surface area (TPSA) is 79.9 Å². The van der Waals surface area contributed by atoms with E-state index >= 15 is 0 Å². The minimum Gasteiger partial charge on any atom is -0.497 e. The van der Waals surface area contributed by atoms with Crippen LogP contribution in [0.15, 0.2) is 48.5 Å². The molecule has 0 aromatic heterocycles. The maximum absolute atomic E-state index is 12.7. The Morgan fingerprint density at radius 3 is 2.52 bits per heavy atom. The number of hydrogen-bond acceptors (Lipinski definition) is 5. The number of anilines is 1. The Morgan fingerprint density at radius 1 is 1.10 bits per heavy atom. The van der Waals surface area contributed by atoms with Crippen molar-refractivity contribution in [1.29, 1.82) is 0 Å². The quantitative estimate of drug-likeness (QED) is 0.751. The van der Waals surface area contributed by atoms with Gasteiger partial charge in [0.1, 0.15) is 11.5 Å². The zero-order valence-electron chi connectivity index (χ0n) is 16.8. The summed E-state index contributed by atoms with van der Waals surface area (Å²) < 4.78 is 10.7. The summed E-state index contributed by atoms with van der Waals surface area (Å²) in [5.74, 6) is 0.925. The number of piperidine rings is 1. The van der Waals surface area contributed by atoms with E-state index in [9.17, 15) is 9.59 Å². The largest absolute Gasteiger partial charge is 0.497 e. The summed E-state index contributed by atoms with van der Waals surface area (Å²) in [7, 11) is 3.42. The van der Waals surface area contributed by atoms with E-state index in [1.807, 2.05) is 11.9 Å². The Hall–Kier alpha value is -3.06. The number of nitrogens with one attached hydrogen (secondary N) is 2. The molecule has 29 heavy (non-hydrogen) atoms. The van der Waals surface area contributed by atoms with E-state index in [4.69, 9.17) is 9.47 Å². The van der Waals surface area contributed by atoms with Gasteiger partial charge in [-0.1, -0.05) is 6.07 Å². The maximum Gasteiger partial charge on any atom is 0.262 e. The fraction of sp³-hybridized carbons (Fsp3) is 0.364. The number of rotatable bonds is 7. The second-order valence-electron chi connectivity index (χ2n) is 6.99. The molecule has 0 spiro atoms. The second kappa shape index (κ2) is 9.93. The molecule has 2 aromatic carbocycles. The van der Waals surface area contributed by atoms with Gasteiger partial charge >= 0.3 is 0 Å². The van der Waals surface area contributed by atoms with Gasteiger partial charge in [-0.05, 0) is 62.3 Å². The average molecular weight is 397 g/mol. The molecule has 7 heteroatoms. The highest BCUT2D eigenvalue weighted by Crippen LogP contribution is 2.18. The Balaban J connectivity index is 1.50. The standard InChI is InChI=1S/C22H27N3O4/c1-25(18-10-12-23-13-11-18)22(27)16-6-8-19(9-7-16)29-15-21(26)24-17-4-3-5-20(14-17)28-2/h3-9,14,18,23H,10-13,15H2,1-2H3,(H,24,26). The van der Waals surface area contributed by atoms with Gasteiger partial charge in [-0.3, -0.25) is 9.59 Å². The molecule has 154 valence electrons. The smallest absolute Gasteiger partial charge is 0.262 e. The van der Waals surface area contributed by atoms with Gasteiger partial charge in [0.05, 0.1) is 7.11 Å². The summed E-state index contributed by atoms with van der Waals surface area (Å²) in [4.78, 5) is 26.6. The minimum absolute atomic E-state index is 0.000724. The number of methoxy groups -OCH3 is 1. The highest BCUT2D eigenvalue weighted by atomic mass is 16.5. The Kier molecular flexibility index (Phi) is 7.08. The second-order valence-corrected chi connectivity index (χ2v) is 6.99. The summed E-state index contributed by atoms with van der Waals surface area (Å²) in [6.07, 6.45) is 1.93. The van der Waals surface area contributed by atoms with E-state index in [0.29, 0.717) is 22.7 Å². The summed E-state index contributed by atoms with van der Waals surface area (Å²) in [5, 5.41) is 6.06. The Labute approximate surface area is 171 Å². The fourth-order valence-corrected chi connectivity index (χ4v) is 3.30. The molecule has 1 saturated heterocycles. The fourth-order valence-electron chi connectivity index (χ4n) is 3.30. The summed E-state index contributed by atoms with van der Waals surface area (Å²) >= 11 is 0. The molecule has 2 aromatic rings. The van der Waals surface area contributed by atoms with Crippen LogP contribution in [0.3, 0.4) is 0 Å². The molecule has 1 fully saturated rings. The summed E-state index contributed by atoms with van der Waals surface area (Å²) in [6.45, 7) is 1.75. The maximum atomic E-state index is 12.7. The van der Waals surface area contributed by atoms with Gasteiger partial charge in [-0.15, -0.1) is 0 Å². The monoisotopic (exact) mass is 397 g/mol. The van der Waals surface area contributed by atoms with Gasteiger partial charge in [0.25, 0.3) is 11.8 Å². The van der Waals surface area contributed by atoms with Gasteiger partial charge in [-0.25, -0.2) is 0 Å². The molecule has 0 saturated carbocycles. The molecule has 1 aliphatic rings. The lowest BCUT2D eigenvalue weighted by molar-refractivity contribution is -0.118. The zero-order valence-corrected chi connectivity index (χ0v) is 16.8. The van der Waals surface area contributed by atoms with Gasteiger partial charge in [0, 0.05) is 30.4 Å². The molecule has 0 aliphatic carbocycles. The molecular formula is C22H27N3O4. The van der Waals surface area contributed by atoms with Crippen molar-refractivity contribution in [3.63, 3.8) is 0 Å². The van der Waals surface area contributed by atoms with E-state index in [0.717, 1.165) is 25.9 Å². The van der Waals surface area contributed by atoms with Crippen LogP contribution in [-0.4, -0.2) is 56.6 Å². The van der Waals surface area contributed by atoms with Crippen LogP contribution >= 0.6 is 0 Å². The highest BCUT2D eigenvalue weighted by molar-refractivity contribution is 5.94. The third-order valence-electron chi connectivity index (χ3n) is 5.00. The van der Waals surface area contributed by atoms with Crippen molar-refractivity contribution < 1.29 is 19.1 Å². The Bertz CT molecular complexity index is 832. The van der Waals surface area contributed by atoms with E-state index in [1.54, 1.807) is 55.6 Å². The molecule has 0 bridgehead atoms. The first-order valence-corrected chi connectivity index (χ1v) is 9.71. The molecule has 0 atom stereocenters. The van der Waals surface area contributed by atoms with E-state index in [1.165, 1.54) is 0 Å². The van der Waals surface area contributed by atoms with Gasteiger partial charge in [-0.2, -0.15) is 0 Å². The number of benzene rings is 2. The number of hydrogen-bond donors (Lipinski definition) is 2. The molecule has 0 radical (unpaired) electrons. The lowest BCUT2D eigenvalue weighted by atomic mass is 10.0. The van der Waals surface area contributed by atoms with Crippen LogP contribution < -0.4 is 20.1 Å². The van der Waals surface area contributed by atoms with E-state index in [-0.39, 0.29) is 24.5 Å². The third kappa shape index (κ3) is 5.71. The normalized spacial score (nSPS) is 14.1. The molecule has 2 amide bonds.